The van der Waals surface area contributed by atoms with Crippen molar-refractivity contribution in [2.24, 2.45) is 4.99 Å². The first-order valence-corrected chi connectivity index (χ1v) is 8.27. The number of thioether (sulfide) groups is 1. The summed E-state index contributed by atoms with van der Waals surface area (Å²) in [6, 6.07) is 15.0. The van der Waals surface area contributed by atoms with Gasteiger partial charge in [-0.3, -0.25) is 9.98 Å². The van der Waals surface area contributed by atoms with E-state index >= 15 is 0 Å². The van der Waals surface area contributed by atoms with E-state index in [1.807, 2.05) is 18.3 Å². The number of rotatable bonds is 4. The highest BCUT2D eigenvalue weighted by molar-refractivity contribution is 8.14. The molecule has 0 aliphatic carbocycles. The zero-order valence-corrected chi connectivity index (χ0v) is 12.9. The van der Waals surface area contributed by atoms with Crippen LogP contribution in [0.1, 0.15) is 29.8 Å². The van der Waals surface area contributed by atoms with Crippen molar-refractivity contribution in [3.05, 3.63) is 65.5 Å². The molecular formula is C17H19N3S. The molecule has 0 bridgehead atoms. The molecular weight excluding hydrogens is 278 g/mol. The minimum absolute atomic E-state index is 0.365. The molecule has 1 aromatic carbocycles. The molecule has 1 aromatic heterocycles. The van der Waals surface area contributed by atoms with E-state index < -0.39 is 0 Å². The summed E-state index contributed by atoms with van der Waals surface area (Å²) in [4.78, 5) is 9.13. The summed E-state index contributed by atoms with van der Waals surface area (Å²) in [5, 5.41) is 4.52. The van der Waals surface area contributed by atoms with Gasteiger partial charge in [-0.15, -0.1) is 0 Å². The monoisotopic (exact) mass is 297 g/mol. The molecule has 1 atom stereocenters. The molecule has 1 N–H and O–H groups in total. The predicted molar refractivity (Wildman–Crippen MR) is 89.5 cm³/mol. The lowest BCUT2D eigenvalue weighted by molar-refractivity contribution is 0.747. The van der Waals surface area contributed by atoms with Crippen LogP contribution in [0.5, 0.6) is 0 Å². The third kappa shape index (κ3) is 3.45. The highest BCUT2D eigenvalue weighted by Gasteiger charge is 2.21. The summed E-state index contributed by atoms with van der Waals surface area (Å²) >= 11 is 1.79. The summed E-state index contributed by atoms with van der Waals surface area (Å²) in [5.74, 6) is 1.03. The molecule has 4 heteroatoms. The fourth-order valence-corrected chi connectivity index (χ4v) is 3.41. The van der Waals surface area contributed by atoms with Crippen molar-refractivity contribution < 1.29 is 0 Å². The average molecular weight is 297 g/mol. The van der Waals surface area contributed by atoms with Crippen LogP contribution in [0.2, 0.25) is 0 Å². The van der Waals surface area contributed by atoms with Gasteiger partial charge < -0.3 is 5.32 Å². The molecule has 2 heterocycles. The van der Waals surface area contributed by atoms with Crippen LogP contribution in [-0.2, 0) is 13.0 Å². The zero-order valence-electron chi connectivity index (χ0n) is 12.1. The number of nitrogens with zero attached hydrogens (tertiary/aromatic N) is 2. The molecule has 1 fully saturated rings. The molecule has 3 nitrogen and oxygen atoms in total. The number of aryl methyl sites for hydroxylation is 1. The normalized spacial score (nSPS) is 19.7. The summed E-state index contributed by atoms with van der Waals surface area (Å²) in [6.07, 6.45) is 2.85. The SMILES string of the molecule is CCc1cccnc1CN=C1NC(c2ccccc2)CS1. The molecule has 0 spiro atoms. The second-order valence-corrected chi connectivity index (χ2v) is 6.01. The summed E-state index contributed by atoms with van der Waals surface area (Å²) in [5.41, 5.74) is 3.69. The van der Waals surface area contributed by atoms with Crippen molar-refractivity contribution in [1.82, 2.24) is 10.3 Å². The number of nitrogens with one attached hydrogen (secondary N) is 1. The van der Waals surface area contributed by atoms with Crippen molar-refractivity contribution in [2.75, 3.05) is 5.75 Å². The number of amidine groups is 1. The molecule has 0 amide bonds. The number of benzene rings is 1. The number of hydrogen-bond acceptors (Lipinski definition) is 3. The number of pyridine rings is 1. The van der Waals surface area contributed by atoms with Gasteiger partial charge in [0.2, 0.25) is 0 Å². The van der Waals surface area contributed by atoms with Gasteiger partial charge in [0.1, 0.15) is 0 Å². The minimum atomic E-state index is 0.365. The van der Waals surface area contributed by atoms with Crippen molar-refractivity contribution in [2.45, 2.75) is 25.9 Å². The highest BCUT2D eigenvalue weighted by atomic mass is 32.2. The molecule has 1 unspecified atom stereocenters. The number of aliphatic imine (C=N–C) groups is 1. The largest absolute Gasteiger partial charge is 0.357 e. The van der Waals surface area contributed by atoms with Gasteiger partial charge in [-0.1, -0.05) is 55.1 Å². The van der Waals surface area contributed by atoms with Crippen molar-refractivity contribution in [3.63, 3.8) is 0 Å². The van der Waals surface area contributed by atoms with Crippen LogP contribution in [0, 0.1) is 0 Å². The maximum atomic E-state index is 4.68. The van der Waals surface area contributed by atoms with Gasteiger partial charge in [0.05, 0.1) is 18.3 Å². The molecule has 2 aromatic rings. The van der Waals surface area contributed by atoms with E-state index in [1.54, 1.807) is 11.8 Å². The van der Waals surface area contributed by atoms with Crippen molar-refractivity contribution in [1.29, 1.82) is 0 Å². The zero-order chi connectivity index (χ0) is 14.5. The predicted octanol–water partition coefficient (Wildman–Crippen LogP) is 3.58. The van der Waals surface area contributed by atoms with Crippen LogP contribution < -0.4 is 5.32 Å². The fraction of sp³-hybridized carbons (Fsp3) is 0.294. The van der Waals surface area contributed by atoms with Crippen LogP contribution >= 0.6 is 11.8 Å². The van der Waals surface area contributed by atoms with E-state index in [-0.39, 0.29) is 0 Å². The van der Waals surface area contributed by atoms with Gasteiger partial charge in [0.25, 0.3) is 0 Å². The summed E-state index contributed by atoms with van der Waals surface area (Å²) in [7, 11) is 0. The molecule has 0 radical (unpaired) electrons. The van der Waals surface area contributed by atoms with Crippen molar-refractivity contribution >= 4 is 16.9 Å². The van der Waals surface area contributed by atoms with Crippen molar-refractivity contribution in [3.8, 4) is 0 Å². The lowest BCUT2D eigenvalue weighted by Gasteiger charge is -2.09. The van der Waals surface area contributed by atoms with E-state index in [2.05, 4.69) is 52.5 Å². The Labute approximate surface area is 129 Å². The highest BCUT2D eigenvalue weighted by Crippen LogP contribution is 2.26. The third-order valence-corrected chi connectivity index (χ3v) is 4.64. The van der Waals surface area contributed by atoms with Crippen LogP contribution in [0.3, 0.4) is 0 Å². The second kappa shape index (κ2) is 6.76. The summed E-state index contributed by atoms with van der Waals surface area (Å²) < 4.78 is 0. The van der Waals surface area contributed by atoms with E-state index in [4.69, 9.17) is 0 Å². The first-order valence-electron chi connectivity index (χ1n) is 7.28. The average Bonchev–Trinajstić information content (AvgIpc) is 3.03. The Bertz CT molecular complexity index is 625. The third-order valence-electron chi connectivity index (χ3n) is 3.62. The van der Waals surface area contributed by atoms with Gasteiger partial charge in [-0.25, -0.2) is 0 Å². The molecule has 3 rings (SSSR count). The Hall–Kier alpha value is -1.81. The van der Waals surface area contributed by atoms with Gasteiger partial charge in [-0.05, 0) is 23.6 Å². The Balaban J connectivity index is 1.66. The minimum Gasteiger partial charge on any atom is -0.357 e. The molecule has 108 valence electrons. The standard InChI is InChI=1S/C17H19N3S/c1-2-13-9-6-10-18-15(13)11-19-17-20-16(12-21-17)14-7-4-3-5-8-14/h3-10,16H,2,11-12H2,1H3,(H,19,20). The Kier molecular flexibility index (Phi) is 4.55. The summed E-state index contributed by atoms with van der Waals surface area (Å²) in [6.45, 7) is 2.81. The van der Waals surface area contributed by atoms with Gasteiger partial charge in [-0.2, -0.15) is 0 Å². The topological polar surface area (TPSA) is 37.3 Å². The van der Waals surface area contributed by atoms with Gasteiger partial charge >= 0.3 is 0 Å². The Morgan fingerprint density at radius 1 is 1.24 bits per heavy atom. The number of aromatic nitrogens is 1. The fourth-order valence-electron chi connectivity index (χ4n) is 2.43. The van der Waals surface area contributed by atoms with Crippen LogP contribution in [0.15, 0.2) is 53.7 Å². The van der Waals surface area contributed by atoms with Crippen LogP contribution in [-0.4, -0.2) is 15.9 Å². The van der Waals surface area contributed by atoms with E-state index in [0.717, 1.165) is 23.0 Å². The van der Waals surface area contributed by atoms with Gasteiger partial charge in [0, 0.05) is 11.9 Å². The molecule has 1 saturated heterocycles. The van der Waals surface area contributed by atoms with Crippen LogP contribution in [0.4, 0.5) is 0 Å². The lowest BCUT2D eigenvalue weighted by Crippen LogP contribution is -2.19. The molecule has 0 saturated carbocycles. The first-order chi connectivity index (χ1) is 10.4. The molecule has 1 aliphatic heterocycles. The van der Waals surface area contributed by atoms with E-state index in [1.165, 1.54) is 11.1 Å². The number of hydrogen-bond donors (Lipinski definition) is 1. The first kappa shape index (κ1) is 14.1. The Morgan fingerprint density at radius 3 is 2.90 bits per heavy atom. The molecule has 21 heavy (non-hydrogen) atoms. The Morgan fingerprint density at radius 2 is 2.10 bits per heavy atom. The van der Waals surface area contributed by atoms with Gasteiger partial charge in [0.15, 0.2) is 5.17 Å². The smallest absolute Gasteiger partial charge is 0.157 e. The lowest BCUT2D eigenvalue weighted by atomic mass is 10.1. The van der Waals surface area contributed by atoms with E-state index in [9.17, 15) is 0 Å². The maximum Gasteiger partial charge on any atom is 0.157 e. The van der Waals surface area contributed by atoms with Crippen LogP contribution in [0.25, 0.3) is 0 Å². The van der Waals surface area contributed by atoms with E-state index in [0.29, 0.717) is 12.6 Å². The second-order valence-electron chi connectivity index (χ2n) is 5.00. The maximum absolute atomic E-state index is 4.68. The quantitative estimate of drug-likeness (QED) is 0.937. The molecule has 1 aliphatic rings.